The van der Waals surface area contributed by atoms with E-state index in [1.165, 1.54) is 0 Å². The van der Waals surface area contributed by atoms with Crippen molar-refractivity contribution in [3.05, 3.63) is 71.3 Å². The number of amides is 2. The predicted molar refractivity (Wildman–Crippen MR) is 121 cm³/mol. The molecule has 2 amide bonds. The highest BCUT2D eigenvalue weighted by Gasteiger charge is 2.26. The van der Waals surface area contributed by atoms with E-state index in [4.69, 9.17) is 16.0 Å². The molecular weight excluding hydrogens is 430 g/mol. The molecular formula is C23H26ClN5O3. The Morgan fingerprint density at radius 1 is 1.12 bits per heavy atom. The molecule has 0 radical (unpaired) electrons. The minimum absolute atomic E-state index is 0.0361. The van der Waals surface area contributed by atoms with Gasteiger partial charge in [0.15, 0.2) is 0 Å². The van der Waals surface area contributed by atoms with Gasteiger partial charge in [-0.3, -0.25) is 14.5 Å². The zero-order valence-corrected chi connectivity index (χ0v) is 18.4. The second kappa shape index (κ2) is 10.5. The highest BCUT2D eigenvalue weighted by Crippen LogP contribution is 2.19. The molecule has 168 valence electrons. The maximum absolute atomic E-state index is 12.6. The number of piperidine rings is 1. The summed E-state index contributed by atoms with van der Waals surface area (Å²) < 4.78 is 6.96. The van der Waals surface area contributed by atoms with Crippen LogP contribution in [0.2, 0.25) is 5.02 Å². The lowest BCUT2D eigenvalue weighted by molar-refractivity contribution is -0.126. The first kappa shape index (κ1) is 22.1. The number of aromatic nitrogens is 2. The van der Waals surface area contributed by atoms with Crippen molar-refractivity contribution in [1.82, 2.24) is 20.0 Å². The zero-order chi connectivity index (χ0) is 22.3. The highest BCUT2D eigenvalue weighted by atomic mass is 35.5. The van der Waals surface area contributed by atoms with Gasteiger partial charge < -0.3 is 15.1 Å². The lowest BCUT2D eigenvalue weighted by atomic mass is 9.96. The van der Waals surface area contributed by atoms with Crippen molar-refractivity contribution in [2.24, 2.45) is 5.92 Å². The van der Waals surface area contributed by atoms with Crippen LogP contribution >= 0.6 is 11.6 Å². The monoisotopic (exact) mass is 455 g/mol. The maximum atomic E-state index is 12.6. The minimum Gasteiger partial charge on any atom is -0.467 e. The van der Waals surface area contributed by atoms with Gasteiger partial charge in [-0.25, -0.2) is 4.68 Å². The first-order valence-corrected chi connectivity index (χ1v) is 11.0. The number of hydrogen-bond acceptors (Lipinski definition) is 5. The number of benzene rings is 1. The number of carbonyl (C=O) groups is 2. The Morgan fingerprint density at radius 3 is 2.69 bits per heavy atom. The largest absolute Gasteiger partial charge is 0.467 e. The van der Waals surface area contributed by atoms with Crippen LogP contribution in [0.25, 0.3) is 0 Å². The molecule has 0 atom stereocenters. The van der Waals surface area contributed by atoms with E-state index >= 15 is 0 Å². The van der Waals surface area contributed by atoms with Gasteiger partial charge in [0.1, 0.15) is 11.6 Å². The second-order valence-electron chi connectivity index (χ2n) is 7.86. The molecule has 9 heteroatoms. The fourth-order valence-corrected chi connectivity index (χ4v) is 4.02. The van der Waals surface area contributed by atoms with E-state index in [-0.39, 0.29) is 24.3 Å². The standard InChI is InChI=1S/C23H26ClN5O3/c24-20-6-2-1-4-18(20)15-29-21(7-10-26-29)27-22(30)16-28-11-8-17(9-12-28)23(31)25-14-19-5-3-13-32-19/h1-7,10,13,17H,8-9,11-12,14-16H2,(H,25,31)(H,27,30). The van der Waals surface area contributed by atoms with Gasteiger partial charge in [-0.1, -0.05) is 29.8 Å². The van der Waals surface area contributed by atoms with Crippen LogP contribution < -0.4 is 10.6 Å². The first-order chi connectivity index (χ1) is 15.6. The minimum atomic E-state index is -0.105. The van der Waals surface area contributed by atoms with E-state index in [9.17, 15) is 9.59 Å². The molecule has 1 aromatic carbocycles. The van der Waals surface area contributed by atoms with Crippen LogP contribution in [-0.4, -0.2) is 46.1 Å². The van der Waals surface area contributed by atoms with Crippen LogP contribution in [0.15, 0.2) is 59.3 Å². The highest BCUT2D eigenvalue weighted by molar-refractivity contribution is 6.31. The SMILES string of the molecule is O=C(CN1CCC(C(=O)NCc2ccco2)CC1)Nc1ccnn1Cc1ccccc1Cl. The van der Waals surface area contributed by atoms with Gasteiger partial charge >= 0.3 is 0 Å². The molecule has 1 saturated heterocycles. The quantitative estimate of drug-likeness (QED) is 0.544. The fraction of sp³-hybridized carbons (Fsp3) is 0.348. The predicted octanol–water partition coefficient (Wildman–Crippen LogP) is 3.14. The summed E-state index contributed by atoms with van der Waals surface area (Å²) in [7, 11) is 0. The maximum Gasteiger partial charge on any atom is 0.239 e. The van der Waals surface area contributed by atoms with Crippen molar-refractivity contribution in [2.45, 2.75) is 25.9 Å². The third-order valence-electron chi connectivity index (χ3n) is 5.60. The molecule has 4 rings (SSSR count). The van der Waals surface area contributed by atoms with E-state index in [0.717, 1.165) is 24.2 Å². The molecule has 3 heterocycles. The molecule has 2 aromatic heterocycles. The normalized spacial score (nSPS) is 14.9. The molecule has 0 spiro atoms. The molecule has 0 saturated carbocycles. The van der Waals surface area contributed by atoms with E-state index in [1.807, 2.05) is 30.3 Å². The molecule has 1 aliphatic heterocycles. The molecule has 1 aliphatic rings. The van der Waals surface area contributed by atoms with Crippen molar-refractivity contribution >= 4 is 29.2 Å². The molecule has 1 fully saturated rings. The summed E-state index contributed by atoms with van der Waals surface area (Å²) in [5.74, 6) is 1.25. The molecule has 32 heavy (non-hydrogen) atoms. The Hall–Kier alpha value is -3.10. The summed E-state index contributed by atoms with van der Waals surface area (Å²) >= 11 is 6.24. The van der Waals surface area contributed by atoms with Crippen molar-refractivity contribution in [3.63, 3.8) is 0 Å². The molecule has 0 bridgehead atoms. The van der Waals surface area contributed by atoms with Gasteiger partial charge in [0, 0.05) is 17.0 Å². The number of furan rings is 1. The van der Waals surface area contributed by atoms with Gasteiger partial charge in [0.25, 0.3) is 0 Å². The fourth-order valence-electron chi connectivity index (χ4n) is 3.82. The van der Waals surface area contributed by atoms with Crippen molar-refractivity contribution < 1.29 is 14.0 Å². The van der Waals surface area contributed by atoms with Crippen LogP contribution in [0.5, 0.6) is 0 Å². The van der Waals surface area contributed by atoms with E-state index in [2.05, 4.69) is 20.6 Å². The summed E-state index contributed by atoms with van der Waals surface area (Å²) in [5, 5.41) is 10.8. The Morgan fingerprint density at radius 2 is 1.94 bits per heavy atom. The third kappa shape index (κ3) is 5.77. The zero-order valence-electron chi connectivity index (χ0n) is 17.7. The van der Waals surface area contributed by atoms with Crippen LogP contribution in [0, 0.1) is 5.92 Å². The van der Waals surface area contributed by atoms with Crippen LogP contribution in [-0.2, 0) is 22.7 Å². The van der Waals surface area contributed by atoms with Gasteiger partial charge in [-0.15, -0.1) is 0 Å². The summed E-state index contributed by atoms with van der Waals surface area (Å²) in [6, 6.07) is 13.0. The molecule has 3 aromatic rings. The average molecular weight is 456 g/mol. The van der Waals surface area contributed by atoms with E-state index in [1.54, 1.807) is 29.3 Å². The summed E-state index contributed by atoms with van der Waals surface area (Å²) in [4.78, 5) is 27.0. The van der Waals surface area contributed by atoms with Gasteiger partial charge in [-0.2, -0.15) is 5.10 Å². The number of nitrogens with one attached hydrogen (secondary N) is 2. The Labute approximate surface area is 191 Å². The van der Waals surface area contributed by atoms with E-state index < -0.39 is 0 Å². The molecule has 0 unspecified atom stereocenters. The van der Waals surface area contributed by atoms with Crippen LogP contribution in [0.3, 0.4) is 0 Å². The number of hydrogen-bond donors (Lipinski definition) is 2. The number of carbonyl (C=O) groups excluding carboxylic acids is 2. The Balaban J connectivity index is 1.22. The summed E-state index contributed by atoms with van der Waals surface area (Å²) in [6.07, 6.45) is 4.69. The molecule has 2 N–H and O–H groups in total. The van der Waals surface area contributed by atoms with Gasteiger partial charge in [0.05, 0.1) is 32.1 Å². The molecule has 8 nitrogen and oxygen atoms in total. The molecule has 0 aliphatic carbocycles. The Kier molecular flexibility index (Phi) is 7.24. The van der Waals surface area contributed by atoms with Crippen LogP contribution in [0.1, 0.15) is 24.2 Å². The average Bonchev–Trinajstić information content (AvgIpc) is 3.46. The number of rotatable bonds is 8. The third-order valence-corrected chi connectivity index (χ3v) is 5.97. The second-order valence-corrected chi connectivity index (χ2v) is 8.27. The van der Waals surface area contributed by atoms with Gasteiger partial charge in [0.2, 0.25) is 11.8 Å². The van der Waals surface area contributed by atoms with Crippen molar-refractivity contribution in [2.75, 3.05) is 25.0 Å². The number of halogens is 1. The lowest BCUT2D eigenvalue weighted by Gasteiger charge is -2.30. The van der Waals surface area contributed by atoms with Crippen molar-refractivity contribution in [3.8, 4) is 0 Å². The summed E-state index contributed by atoms with van der Waals surface area (Å²) in [5.41, 5.74) is 0.931. The number of anilines is 1. The topological polar surface area (TPSA) is 92.4 Å². The Bertz CT molecular complexity index is 1040. The lowest BCUT2D eigenvalue weighted by Crippen LogP contribution is -2.43. The summed E-state index contributed by atoms with van der Waals surface area (Å²) in [6.45, 7) is 2.55. The number of likely N-dealkylation sites (tertiary alicyclic amines) is 1. The van der Waals surface area contributed by atoms with Crippen molar-refractivity contribution in [1.29, 1.82) is 0 Å². The van der Waals surface area contributed by atoms with Crippen LogP contribution in [0.4, 0.5) is 5.82 Å². The first-order valence-electron chi connectivity index (χ1n) is 10.7. The smallest absolute Gasteiger partial charge is 0.239 e. The number of nitrogens with zero attached hydrogens (tertiary/aromatic N) is 3. The van der Waals surface area contributed by atoms with Gasteiger partial charge in [-0.05, 0) is 49.7 Å². The van der Waals surface area contributed by atoms with E-state index in [0.29, 0.717) is 37.0 Å².